The molecule has 0 spiro atoms. The SMILES string of the molecule is CCCCCCC/C=C\CCCCCCCC(=O)OCC(COC(=O)CCCCCCCCCCCCCCCCCCC)OC(=O)CCCCCCC/C=C\CCCCCCC. The van der Waals surface area contributed by atoms with Crippen LogP contribution in [0.3, 0.4) is 0 Å². The predicted octanol–water partition coefficient (Wildman–Crippen LogP) is 18.3. The van der Waals surface area contributed by atoms with Crippen LogP contribution < -0.4 is 0 Å². The van der Waals surface area contributed by atoms with Gasteiger partial charge in [-0.05, 0) is 70.6 Å². The van der Waals surface area contributed by atoms with Crippen molar-refractivity contribution in [1.29, 1.82) is 0 Å². The normalized spacial score (nSPS) is 12.1. The Balaban J connectivity index is 4.34. The summed E-state index contributed by atoms with van der Waals surface area (Å²) in [6.07, 6.45) is 60.2. The van der Waals surface area contributed by atoms with E-state index in [2.05, 4.69) is 45.1 Å². The van der Waals surface area contributed by atoms with Gasteiger partial charge in [0.1, 0.15) is 13.2 Å². The second kappa shape index (κ2) is 52.5. The highest BCUT2D eigenvalue weighted by Crippen LogP contribution is 2.16. The monoisotopic (exact) mass is 887 g/mol. The molecule has 0 heterocycles. The second-order valence-electron chi connectivity index (χ2n) is 18.8. The molecule has 0 saturated carbocycles. The standard InChI is InChI=1S/C57H106O6/c1-4-7-10-13-16-19-22-25-28-29-30-33-35-38-41-44-47-50-56(59)62-53-54(63-57(60)51-48-45-42-39-36-32-27-24-21-18-15-12-9-6-3)52-61-55(58)49-46-43-40-37-34-31-26-23-20-17-14-11-8-5-2/h23-24,26-27,54H,4-22,25,28-53H2,1-3H3/b26-23-,27-24-. The van der Waals surface area contributed by atoms with Crippen LogP contribution in [-0.4, -0.2) is 37.2 Å². The first-order valence-corrected chi connectivity index (χ1v) is 27.8. The Hall–Kier alpha value is -2.11. The van der Waals surface area contributed by atoms with E-state index >= 15 is 0 Å². The summed E-state index contributed by atoms with van der Waals surface area (Å²) in [6.45, 7) is 6.65. The van der Waals surface area contributed by atoms with E-state index in [1.165, 1.54) is 193 Å². The minimum atomic E-state index is -0.774. The van der Waals surface area contributed by atoms with Gasteiger partial charge >= 0.3 is 17.9 Å². The fraction of sp³-hybridized carbons (Fsp3) is 0.877. The fourth-order valence-corrected chi connectivity index (χ4v) is 8.20. The first kappa shape index (κ1) is 60.9. The van der Waals surface area contributed by atoms with Gasteiger partial charge in [0.25, 0.3) is 0 Å². The average molecular weight is 887 g/mol. The molecule has 1 atom stereocenters. The quantitative estimate of drug-likeness (QED) is 0.0262. The number of unbranched alkanes of at least 4 members (excludes halogenated alkanes) is 36. The molecule has 0 aliphatic carbocycles. The summed E-state index contributed by atoms with van der Waals surface area (Å²) < 4.78 is 16.8. The molecule has 0 aromatic heterocycles. The van der Waals surface area contributed by atoms with E-state index in [1.807, 2.05) is 0 Å². The Labute approximate surface area is 392 Å². The fourth-order valence-electron chi connectivity index (χ4n) is 8.20. The topological polar surface area (TPSA) is 78.9 Å². The number of ether oxygens (including phenoxy) is 3. The van der Waals surface area contributed by atoms with E-state index in [1.54, 1.807) is 0 Å². The molecule has 0 saturated heterocycles. The van der Waals surface area contributed by atoms with Crippen molar-refractivity contribution < 1.29 is 28.6 Å². The Morgan fingerprint density at radius 3 is 0.794 bits per heavy atom. The van der Waals surface area contributed by atoms with E-state index in [4.69, 9.17) is 14.2 Å². The van der Waals surface area contributed by atoms with Crippen LogP contribution in [-0.2, 0) is 28.6 Å². The van der Waals surface area contributed by atoms with Gasteiger partial charge in [-0.2, -0.15) is 0 Å². The molecule has 0 N–H and O–H groups in total. The largest absolute Gasteiger partial charge is 0.462 e. The minimum absolute atomic E-state index is 0.0730. The van der Waals surface area contributed by atoms with Crippen molar-refractivity contribution in [3.8, 4) is 0 Å². The number of esters is 3. The lowest BCUT2D eigenvalue weighted by atomic mass is 10.0. The summed E-state index contributed by atoms with van der Waals surface area (Å²) in [5.74, 6) is -0.874. The maximum absolute atomic E-state index is 12.8. The molecule has 0 rings (SSSR count). The van der Waals surface area contributed by atoms with E-state index < -0.39 is 6.10 Å². The molecule has 0 aliphatic heterocycles. The molecule has 0 aliphatic rings. The van der Waals surface area contributed by atoms with Gasteiger partial charge in [0.15, 0.2) is 6.10 Å². The Bertz CT molecular complexity index is 1020. The van der Waals surface area contributed by atoms with Gasteiger partial charge in [0.05, 0.1) is 0 Å². The second-order valence-corrected chi connectivity index (χ2v) is 18.8. The van der Waals surface area contributed by atoms with E-state index in [-0.39, 0.29) is 31.1 Å². The van der Waals surface area contributed by atoms with Gasteiger partial charge in [-0.3, -0.25) is 14.4 Å². The summed E-state index contributed by atoms with van der Waals surface area (Å²) in [7, 11) is 0. The molecule has 0 amide bonds. The van der Waals surface area contributed by atoms with Crippen LogP contribution in [0.25, 0.3) is 0 Å². The van der Waals surface area contributed by atoms with Gasteiger partial charge in [-0.15, -0.1) is 0 Å². The molecule has 6 heteroatoms. The highest BCUT2D eigenvalue weighted by atomic mass is 16.6. The van der Waals surface area contributed by atoms with Crippen molar-refractivity contribution in [2.45, 2.75) is 309 Å². The lowest BCUT2D eigenvalue weighted by Gasteiger charge is -2.18. The Kier molecular flexibility index (Phi) is 50.8. The third-order valence-electron chi connectivity index (χ3n) is 12.4. The van der Waals surface area contributed by atoms with Crippen molar-refractivity contribution in [3.05, 3.63) is 24.3 Å². The predicted molar refractivity (Wildman–Crippen MR) is 270 cm³/mol. The molecular weight excluding hydrogens is 781 g/mol. The molecule has 0 aromatic carbocycles. The third kappa shape index (κ3) is 50.7. The van der Waals surface area contributed by atoms with Gasteiger partial charge in [-0.25, -0.2) is 0 Å². The number of allylic oxidation sites excluding steroid dienone is 4. The number of carbonyl (C=O) groups excluding carboxylic acids is 3. The zero-order valence-corrected chi connectivity index (χ0v) is 42.4. The first-order chi connectivity index (χ1) is 31.0. The van der Waals surface area contributed by atoms with E-state index in [0.717, 1.165) is 70.6 Å². The lowest BCUT2D eigenvalue weighted by Crippen LogP contribution is -2.30. The van der Waals surface area contributed by atoms with Crippen molar-refractivity contribution >= 4 is 17.9 Å². The van der Waals surface area contributed by atoms with Crippen molar-refractivity contribution in [1.82, 2.24) is 0 Å². The van der Waals surface area contributed by atoms with Crippen LogP contribution in [0.5, 0.6) is 0 Å². The minimum Gasteiger partial charge on any atom is -0.462 e. The number of carbonyl (C=O) groups is 3. The van der Waals surface area contributed by atoms with E-state index in [0.29, 0.717) is 19.3 Å². The summed E-state index contributed by atoms with van der Waals surface area (Å²) >= 11 is 0. The van der Waals surface area contributed by atoms with Crippen LogP contribution in [0.2, 0.25) is 0 Å². The van der Waals surface area contributed by atoms with Gasteiger partial charge in [0.2, 0.25) is 0 Å². The molecule has 0 aromatic rings. The zero-order chi connectivity index (χ0) is 45.8. The molecule has 0 fully saturated rings. The number of rotatable bonds is 51. The Morgan fingerprint density at radius 1 is 0.302 bits per heavy atom. The van der Waals surface area contributed by atoms with Crippen LogP contribution in [0.1, 0.15) is 303 Å². The highest BCUT2D eigenvalue weighted by molar-refractivity contribution is 5.71. The molecule has 1 unspecified atom stereocenters. The third-order valence-corrected chi connectivity index (χ3v) is 12.4. The number of hydrogen-bond donors (Lipinski definition) is 0. The lowest BCUT2D eigenvalue weighted by molar-refractivity contribution is -0.167. The van der Waals surface area contributed by atoms with Crippen LogP contribution in [0.15, 0.2) is 24.3 Å². The maximum atomic E-state index is 12.8. The summed E-state index contributed by atoms with van der Waals surface area (Å²) in [5.41, 5.74) is 0. The van der Waals surface area contributed by atoms with Crippen LogP contribution in [0.4, 0.5) is 0 Å². The van der Waals surface area contributed by atoms with Crippen LogP contribution in [0, 0.1) is 0 Å². The molecule has 370 valence electrons. The van der Waals surface area contributed by atoms with Gasteiger partial charge in [0, 0.05) is 19.3 Å². The van der Waals surface area contributed by atoms with Crippen molar-refractivity contribution in [2.24, 2.45) is 0 Å². The maximum Gasteiger partial charge on any atom is 0.306 e. The number of hydrogen-bond acceptors (Lipinski definition) is 6. The van der Waals surface area contributed by atoms with Crippen molar-refractivity contribution in [3.63, 3.8) is 0 Å². The molecule has 0 bridgehead atoms. The van der Waals surface area contributed by atoms with Crippen LogP contribution >= 0.6 is 0 Å². The summed E-state index contributed by atoms with van der Waals surface area (Å²) in [6, 6.07) is 0. The smallest absolute Gasteiger partial charge is 0.306 e. The van der Waals surface area contributed by atoms with Crippen molar-refractivity contribution in [2.75, 3.05) is 13.2 Å². The summed E-state index contributed by atoms with van der Waals surface area (Å²) in [5, 5.41) is 0. The molecule has 63 heavy (non-hydrogen) atoms. The zero-order valence-electron chi connectivity index (χ0n) is 42.4. The molecule has 6 nitrogen and oxygen atoms in total. The molecule has 0 radical (unpaired) electrons. The van der Waals surface area contributed by atoms with E-state index in [9.17, 15) is 14.4 Å². The molecular formula is C57H106O6. The Morgan fingerprint density at radius 2 is 0.524 bits per heavy atom. The van der Waals surface area contributed by atoms with Gasteiger partial charge in [-0.1, -0.05) is 238 Å². The first-order valence-electron chi connectivity index (χ1n) is 27.8. The van der Waals surface area contributed by atoms with Gasteiger partial charge < -0.3 is 14.2 Å². The average Bonchev–Trinajstić information content (AvgIpc) is 3.28. The highest BCUT2D eigenvalue weighted by Gasteiger charge is 2.19. The summed E-state index contributed by atoms with van der Waals surface area (Å²) in [4.78, 5) is 38.1.